The molecule has 1 atom stereocenters. The molecule has 1 aromatic carbocycles. The minimum absolute atomic E-state index is 0.0446. The number of furan rings is 1. The highest BCUT2D eigenvalue weighted by Gasteiger charge is 2.21. The molecule has 1 saturated carbocycles. The monoisotopic (exact) mass is 257 g/mol. The van der Waals surface area contributed by atoms with Crippen LogP contribution in [0.25, 0.3) is 0 Å². The molecule has 2 aromatic rings. The van der Waals surface area contributed by atoms with Gasteiger partial charge in [0.05, 0.1) is 12.4 Å². The van der Waals surface area contributed by atoms with Gasteiger partial charge < -0.3 is 4.42 Å². The molecule has 1 heterocycles. The molecular formula is C16H19NO2. The third-order valence-corrected chi connectivity index (χ3v) is 3.62. The summed E-state index contributed by atoms with van der Waals surface area (Å²) in [6.07, 6.45) is 6.86. The van der Waals surface area contributed by atoms with Gasteiger partial charge in [-0.25, -0.2) is 0 Å². The van der Waals surface area contributed by atoms with E-state index in [4.69, 9.17) is 9.25 Å². The van der Waals surface area contributed by atoms with Crippen LogP contribution in [0.4, 0.5) is 0 Å². The van der Waals surface area contributed by atoms with E-state index in [1.54, 1.807) is 6.26 Å². The highest BCUT2D eigenvalue weighted by Crippen LogP contribution is 2.25. The molecule has 19 heavy (non-hydrogen) atoms. The second kappa shape index (κ2) is 6.04. The van der Waals surface area contributed by atoms with E-state index in [0.717, 1.165) is 24.2 Å². The first-order valence-electron chi connectivity index (χ1n) is 6.93. The first kappa shape index (κ1) is 12.5. The molecule has 0 bridgehead atoms. The lowest BCUT2D eigenvalue weighted by Crippen LogP contribution is -2.27. The molecule has 1 aliphatic rings. The average molecular weight is 257 g/mol. The number of nitrogens with one attached hydrogen (secondary N) is 1. The molecule has 0 spiro atoms. The van der Waals surface area contributed by atoms with E-state index in [1.165, 1.54) is 12.8 Å². The SMILES string of the molecule is c1ccc(C(NOC2CCCC2)c2ccco2)cc1. The summed E-state index contributed by atoms with van der Waals surface area (Å²) in [5, 5.41) is 0. The van der Waals surface area contributed by atoms with E-state index in [2.05, 4.69) is 17.6 Å². The van der Waals surface area contributed by atoms with Crippen LogP contribution in [-0.2, 0) is 4.84 Å². The molecule has 1 fully saturated rings. The Bertz CT molecular complexity index is 475. The molecular weight excluding hydrogens is 238 g/mol. The van der Waals surface area contributed by atoms with Crippen LogP contribution in [0.1, 0.15) is 43.0 Å². The van der Waals surface area contributed by atoms with Gasteiger partial charge in [0.1, 0.15) is 11.8 Å². The van der Waals surface area contributed by atoms with Crippen LogP contribution < -0.4 is 5.48 Å². The summed E-state index contributed by atoms with van der Waals surface area (Å²) in [7, 11) is 0. The molecule has 0 aliphatic heterocycles. The van der Waals surface area contributed by atoms with Crippen molar-refractivity contribution in [3.05, 3.63) is 60.1 Å². The zero-order valence-electron chi connectivity index (χ0n) is 10.9. The number of rotatable bonds is 5. The lowest BCUT2D eigenvalue weighted by molar-refractivity contribution is -0.0369. The van der Waals surface area contributed by atoms with Gasteiger partial charge in [0, 0.05) is 0 Å². The average Bonchev–Trinajstić information content (AvgIpc) is 3.13. The quantitative estimate of drug-likeness (QED) is 0.826. The lowest BCUT2D eigenvalue weighted by atomic mass is 10.1. The predicted molar refractivity (Wildman–Crippen MR) is 73.5 cm³/mol. The van der Waals surface area contributed by atoms with E-state index in [1.807, 2.05) is 30.3 Å². The molecule has 1 N–H and O–H groups in total. The van der Waals surface area contributed by atoms with Crippen molar-refractivity contribution >= 4 is 0 Å². The minimum atomic E-state index is -0.0446. The Labute approximate surface area is 113 Å². The van der Waals surface area contributed by atoms with Crippen molar-refractivity contribution in [2.75, 3.05) is 0 Å². The van der Waals surface area contributed by atoms with Crippen LogP contribution in [0.3, 0.4) is 0 Å². The Morgan fingerprint density at radius 2 is 1.84 bits per heavy atom. The van der Waals surface area contributed by atoms with Crippen LogP contribution >= 0.6 is 0 Å². The second-order valence-corrected chi connectivity index (χ2v) is 5.00. The number of hydrogen-bond donors (Lipinski definition) is 1. The van der Waals surface area contributed by atoms with Gasteiger partial charge in [0.25, 0.3) is 0 Å². The minimum Gasteiger partial charge on any atom is -0.467 e. The fourth-order valence-corrected chi connectivity index (χ4v) is 2.56. The number of hydroxylamine groups is 1. The standard InChI is InChI=1S/C16H19NO2/c1-2-7-13(8-3-1)16(15-11-6-12-18-15)17-19-14-9-4-5-10-14/h1-3,6-8,11-12,14,16-17H,4-5,9-10H2. The highest BCUT2D eigenvalue weighted by atomic mass is 16.7. The molecule has 3 rings (SSSR count). The zero-order valence-corrected chi connectivity index (χ0v) is 10.9. The zero-order chi connectivity index (χ0) is 12.9. The summed E-state index contributed by atoms with van der Waals surface area (Å²) < 4.78 is 5.52. The van der Waals surface area contributed by atoms with Crippen molar-refractivity contribution in [1.29, 1.82) is 0 Å². The first-order valence-corrected chi connectivity index (χ1v) is 6.93. The molecule has 3 nitrogen and oxygen atoms in total. The van der Waals surface area contributed by atoms with Crippen molar-refractivity contribution in [2.24, 2.45) is 0 Å². The van der Waals surface area contributed by atoms with Crippen LogP contribution in [0.2, 0.25) is 0 Å². The van der Waals surface area contributed by atoms with Crippen LogP contribution in [-0.4, -0.2) is 6.10 Å². The first-order chi connectivity index (χ1) is 9.43. The van der Waals surface area contributed by atoms with Gasteiger partial charge in [-0.05, 0) is 30.5 Å². The molecule has 3 heteroatoms. The number of benzene rings is 1. The molecule has 1 aromatic heterocycles. The van der Waals surface area contributed by atoms with Crippen LogP contribution in [0.5, 0.6) is 0 Å². The van der Waals surface area contributed by atoms with E-state index in [9.17, 15) is 0 Å². The normalized spacial score (nSPS) is 17.7. The van der Waals surface area contributed by atoms with Gasteiger partial charge in [0.2, 0.25) is 0 Å². The smallest absolute Gasteiger partial charge is 0.127 e. The maximum absolute atomic E-state index is 5.83. The lowest BCUT2D eigenvalue weighted by Gasteiger charge is -2.19. The van der Waals surface area contributed by atoms with E-state index >= 15 is 0 Å². The maximum atomic E-state index is 5.83. The summed E-state index contributed by atoms with van der Waals surface area (Å²) in [4.78, 5) is 5.83. The fraction of sp³-hybridized carbons (Fsp3) is 0.375. The molecule has 0 saturated heterocycles. The van der Waals surface area contributed by atoms with E-state index in [-0.39, 0.29) is 6.04 Å². The molecule has 100 valence electrons. The van der Waals surface area contributed by atoms with E-state index in [0.29, 0.717) is 6.10 Å². The Balaban J connectivity index is 1.73. The van der Waals surface area contributed by atoms with Gasteiger partial charge in [-0.3, -0.25) is 4.84 Å². The predicted octanol–water partition coefficient (Wildman–Crippen LogP) is 3.83. The number of hydrogen-bond acceptors (Lipinski definition) is 3. The molecule has 1 aliphatic carbocycles. The Hall–Kier alpha value is -1.58. The van der Waals surface area contributed by atoms with Gasteiger partial charge in [-0.2, -0.15) is 5.48 Å². The third-order valence-electron chi connectivity index (χ3n) is 3.62. The topological polar surface area (TPSA) is 34.4 Å². The Morgan fingerprint density at radius 3 is 2.53 bits per heavy atom. The summed E-state index contributed by atoms with van der Waals surface area (Å²) in [5.41, 5.74) is 4.34. The van der Waals surface area contributed by atoms with Gasteiger partial charge in [-0.15, -0.1) is 0 Å². The Kier molecular flexibility index (Phi) is 3.96. The summed E-state index contributed by atoms with van der Waals surface area (Å²) in [6, 6.07) is 14.1. The van der Waals surface area contributed by atoms with Crippen LogP contribution in [0.15, 0.2) is 53.1 Å². The summed E-state index contributed by atoms with van der Waals surface area (Å²) >= 11 is 0. The van der Waals surface area contributed by atoms with Gasteiger partial charge in [-0.1, -0.05) is 43.2 Å². The molecule has 0 radical (unpaired) electrons. The second-order valence-electron chi connectivity index (χ2n) is 5.00. The van der Waals surface area contributed by atoms with Gasteiger partial charge >= 0.3 is 0 Å². The van der Waals surface area contributed by atoms with Crippen molar-refractivity contribution in [3.8, 4) is 0 Å². The van der Waals surface area contributed by atoms with Crippen molar-refractivity contribution in [2.45, 2.75) is 37.8 Å². The van der Waals surface area contributed by atoms with Crippen molar-refractivity contribution in [1.82, 2.24) is 5.48 Å². The van der Waals surface area contributed by atoms with Crippen molar-refractivity contribution in [3.63, 3.8) is 0 Å². The summed E-state index contributed by atoms with van der Waals surface area (Å²) in [5.74, 6) is 0.879. The molecule has 1 unspecified atom stereocenters. The fourth-order valence-electron chi connectivity index (χ4n) is 2.56. The maximum Gasteiger partial charge on any atom is 0.127 e. The van der Waals surface area contributed by atoms with Crippen LogP contribution in [0, 0.1) is 0 Å². The van der Waals surface area contributed by atoms with Gasteiger partial charge in [0.15, 0.2) is 0 Å². The van der Waals surface area contributed by atoms with Crippen molar-refractivity contribution < 1.29 is 9.25 Å². The summed E-state index contributed by atoms with van der Waals surface area (Å²) in [6.45, 7) is 0. The molecule has 0 amide bonds. The largest absolute Gasteiger partial charge is 0.467 e. The third kappa shape index (κ3) is 3.06. The van der Waals surface area contributed by atoms with E-state index < -0.39 is 0 Å². The Morgan fingerprint density at radius 1 is 1.05 bits per heavy atom. The highest BCUT2D eigenvalue weighted by molar-refractivity contribution is 5.25.